The van der Waals surface area contributed by atoms with Crippen molar-refractivity contribution in [2.24, 2.45) is 5.14 Å². The predicted octanol–water partition coefficient (Wildman–Crippen LogP) is 1.02. The van der Waals surface area contributed by atoms with Gasteiger partial charge in [0.05, 0.1) is 16.4 Å². The molecule has 0 amide bonds. The van der Waals surface area contributed by atoms with Gasteiger partial charge in [-0.05, 0) is 42.2 Å². The molecule has 0 radical (unpaired) electrons. The maximum atomic E-state index is 11.2. The van der Waals surface area contributed by atoms with Gasteiger partial charge in [0.15, 0.2) is 5.03 Å². The molecule has 2 aromatic rings. The van der Waals surface area contributed by atoms with Crippen LogP contribution in [-0.4, -0.2) is 62.5 Å². The van der Waals surface area contributed by atoms with E-state index < -0.39 is 10.0 Å². The minimum atomic E-state index is -3.82. The Morgan fingerprint density at radius 3 is 2.44 bits per heavy atom. The SMILES string of the molecule is CN(C)CCN(C)c1nc(Nc2ccc(S(N)(=O)=O)nc2)ncc1Br. The van der Waals surface area contributed by atoms with Crippen LogP contribution >= 0.6 is 15.9 Å². The van der Waals surface area contributed by atoms with E-state index in [9.17, 15) is 8.42 Å². The normalized spacial score (nSPS) is 11.6. The second-order valence-corrected chi connectivity index (χ2v) is 8.01. The van der Waals surface area contributed by atoms with Gasteiger partial charge in [0.2, 0.25) is 5.95 Å². The number of hydrogen-bond acceptors (Lipinski definition) is 8. The zero-order valence-electron chi connectivity index (χ0n) is 14.1. The Labute approximate surface area is 155 Å². The number of rotatable bonds is 7. The molecule has 2 rings (SSSR count). The standard InChI is InChI=1S/C14H20BrN7O2S/c1-21(2)6-7-22(3)13-11(15)9-18-14(20-13)19-10-4-5-12(17-8-10)25(16,23)24/h4-5,8-9H,6-7H2,1-3H3,(H2,16,23,24)(H,18,19,20). The van der Waals surface area contributed by atoms with Crippen molar-refractivity contribution < 1.29 is 8.42 Å². The van der Waals surface area contributed by atoms with E-state index in [1.165, 1.54) is 12.3 Å². The van der Waals surface area contributed by atoms with Gasteiger partial charge in [0.1, 0.15) is 5.82 Å². The zero-order valence-corrected chi connectivity index (χ0v) is 16.5. The second kappa shape index (κ2) is 8.04. The topological polar surface area (TPSA) is 117 Å². The molecule has 0 aliphatic rings. The molecule has 0 atom stereocenters. The van der Waals surface area contributed by atoms with Gasteiger partial charge in [-0.15, -0.1) is 0 Å². The Hall–Kier alpha value is -1.82. The summed E-state index contributed by atoms with van der Waals surface area (Å²) in [5, 5.41) is 7.83. The summed E-state index contributed by atoms with van der Waals surface area (Å²) in [6.07, 6.45) is 3.02. The third kappa shape index (κ3) is 5.59. The summed E-state index contributed by atoms with van der Waals surface area (Å²) >= 11 is 3.45. The highest BCUT2D eigenvalue weighted by molar-refractivity contribution is 9.10. The third-order valence-electron chi connectivity index (χ3n) is 3.25. The van der Waals surface area contributed by atoms with Gasteiger partial charge < -0.3 is 15.1 Å². The lowest BCUT2D eigenvalue weighted by Crippen LogP contribution is -2.29. The molecule has 0 unspecified atom stereocenters. The number of nitrogens with two attached hydrogens (primary N) is 1. The average Bonchev–Trinajstić information content (AvgIpc) is 2.54. The van der Waals surface area contributed by atoms with Crippen LogP contribution in [0.4, 0.5) is 17.5 Å². The summed E-state index contributed by atoms with van der Waals surface area (Å²) in [4.78, 5) is 16.6. The predicted molar refractivity (Wildman–Crippen MR) is 100 cm³/mol. The molecular weight excluding hydrogens is 410 g/mol. The van der Waals surface area contributed by atoms with E-state index in [2.05, 4.69) is 41.1 Å². The Morgan fingerprint density at radius 2 is 1.88 bits per heavy atom. The van der Waals surface area contributed by atoms with Crippen LogP contribution in [0.25, 0.3) is 0 Å². The molecule has 0 fully saturated rings. The summed E-state index contributed by atoms with van der Waals surface area (Å²) in [6.45, 7) is 1.68. The van der Waals surface area contributed by atoms with Crippen molar-refractivity contribution in [1.82, 2.24) is 19.9 Å². The van der Waals surface area contributed by atoms with Crippen LogP contribution < -0.4 is 15.4 Å². The molecule has 2 heterocycles. The highest BCUT2D eigenvalue weighted by Gasteiger charge is 2.12. The quantitative estimate of drug-likeness (QED) is 0.669. The highest BCUT2D eigenvalue weighted by Crippen LogP contribution is 2.24. The molecular formula is C14H20BrN7O2S. The molecule has 25 heavy (non-hydrogen) atoms. The van der Waals surface area contributed by atoms with Crippen LogP contribution in [0.2, 0.25) is 0 Å². The van der Waals surface area contributed by atoms with E-state index in [0.717, 1.165) is 23.4 Å². The number of hydrogen-bond donors (Lipinski definition) is 2. The van der Waals surface area contributed by atoms with Crippen LogP contribution in [0.3, 0.4) is 0 Å². The van der Waals surface area contributed by atoms with Crippen molar-refractivity contribution >= 4 is 43.4 Å². The fourth-order valence-electron chi connectivity index (χ4n) is 1.89. The number of primary sulfonamides is 1. The van der Waals surface area contributed by atoms with Gasteiger partial charge in [-0.2, -0.15) is 4.98 Å². The first-order valence-corrected chi connectivity index (χ1v) is 9.65. The van der Waals surface area contributed by atoms with Crippen LogP contribution in [0.5, 0.6) is 0 Å². The largest absolute Gasteiger partial charge is 0.357 e. The number of likely N-dealkylation sites (N-methyl/N-ethyl adjacent to an activating group) is 2. The van der Waals surface area contributed by atoms with E-state index in [0.29, 0.717) is 11.6 Å². The Bertz CT molecular complexity index is 828. The molecule has 0 bridgehead atoms. The highest BCUT2D eigenvalue weighted by atomic mass is 79.9. The molecule has 0 aliphatic carbocycles. The van der Waals surface area contributed by atoms with E-state index >= 15 is 0 Å². The van der Waals surface area contributed by atoms with Crippen molar-refractivity contribution in [3.8, 4) is 0 Å². The van der Waals surface area contributed by atoms with Gasteiger partial charge in [-0.25, -0.2) is 23.5 Å². The lowest BCUT2D eigenvalue weighted by atomic mass is 10.4. The van der Waals surface area contributed by atoms with E-state index in [1.54, 1.807) is 12.3 Å². The lowest BCUT2D eigenvalue weighted by molar-refractivity contribution is 0.416. The van der Waals surface area contributed by atoms with Crippen LogP contribution in [0.15, 0.2) is 34.0 Å². The monoisotopic (exact) mass is 429 g/mol. The number of halogens is 1. The minimum Gasteiger partial charge on any atom is -0.357 e. The van der Waals surface area contributed by atoms with Gasteiger partial charge in [-0.1, -0.05) is 0 Å². The van der Waals surface area contributed by atoms with Crippen molar-refractivity contribution in [1.29, 1.82) is 0 Å². The molecule has 3 N–H and O–H groups in total. The smallest absolute Gasteiger partial charge is 0.255 e. The number of anilines is 3. The summed E-state index contributed by atoms with van der Waals surface area (Å²) in [5.74, 6) is 1.12. The first kappa shape index (κ1) is 19.5. The molecule has 136 valence electrons. The van der Waals surface area contributed by atoms with E-state index in [4.69, 9.17) is 5.14 Å². The van der Waals surface area contributed by atoms with Gasteiger partial charge >= 0.3 is 0 Å². The van der Waals surface area contributed by atoms with E-state index in [1.807, 2.05) is 26.0 Å². The third-order valence-corrected chi connectivity index (χ3v) is 4.64. The molecule has 0 saturated heterocycles. The summed E-state index contributed by atoms with van der Waals surface area (Å²) in [5.41, 5.74) is 0.552. The summed E-state index contributed by atoms with van der Waals surface area (Å²) in [6, 6.07) is 2.87. The summed E-state index contributed by atoms with van der Waals surface area (Å²) < 4.78 is 23.2. The Balaban J connectivity index is 2.16. The second-order valence-electron chi connectivity index (χ2n) is 5.65. The number of pyridine rings is 1. The average molecular weight is 430 g/mol. The van der Waals surface area contributed by atoms with Crippen LogP contribution in [-0.2, 0) is 10.0 Å². The van der Waals surface area contributed by atoms with Crippen molar-refractivity contribution in [3.63, 3.8) is 0 Å². The van der Waals surface area contributed by atoms with Crippen LogP contribution in [0.1, 0.15) is 0 Å². The van der Waals surface area contributed by atoms with Gasteiger partial charge in [0, 0.05) is 26.3 Å². The number of nitrogens with zero attached hydrogens (tertiary/aromatic N) is 5. The van der Waals surface area contributed by atoms with Gasteiger partial charge in [-0.3, -0.25) is 0 Å². The fourth-order valence-corrected chi connectivity index (χ4v) is 2.84. The number of sulfonamides is 1. The number of nitrogens with one attached hydrogen (secondary N) is 1. The molecule has 0 aliphatic heterocycles. The molecule has 11 heteroatoms. The maximum absolute atomic E-state index is 11.2. The van der Waals surface area contributed by atoms with Crippen molar-refractivity contribution in [2.75, 3.05) is 44.4 Å². The fraction of sp³-hybridized carbons (Fsp3) is 0.357. The first-order chi connectivity index (χ1) is 11.7. The van der Waals surface area contributed by atoms with Gasteiger partial charge in [0.25, 0.3) is 10.0 Å². The molecule has 9 nitrogen and oxygen atoms in total. The van der Waals surface area contributed by atoms with Crippen molar-refractivity contribution in [2.45, 2.75) is 5.03 Å². The first-order valence-electron chi connectivity index (χ1n) is 7.31. The molecule has 2 aromatic heterocycles. The minimum absolute atomic E-state index is 0.195. The Kier molecular flexibility index (Phi) is 6.27. The summed E-state index contributed by atoms with van der Waals surface area (Å²) in [7, 11) is 2.15. The van der Waals surface area contributed by atoms with E-state index in [-0.39, 0.29) is 5.03 Å². The van der Waals surface area contributed by atoms with Crippen LogP contribution in [0, 0.1) is 0 Å². The maximum Gasteiger partial charge on any atom is 0.255 e. The lowest BCUT2D eigenvalue weighted by Gasteiger charge is -2.22. The molecule has 0 saturated carbocycles. The Morgan fingerprint density at radius 1 is 1.16 bits per heavy atom. The van der Waals surface area contributed by atoms with Crippen molar-refractivity contribution in [3.05, 3.63) is 29.0 Å². The molecule has 0 spiro atoms. The zero-order chi connectivity index (χ0) is 18.6. The number of aromatic nitrogens is 3. The molecule has 0 aromatic carbocycles.